The summed E-state index contributed by atoms with van der Waals surface area (Å²) in [7, 11) is 0. The molecule has 1 aliphatic carbocycles. The van der Waals surface area contributed by atoms with Crippen molar-refractivity contribution in [2.75, 3.05) is 18.1 Å². The monoisotopic (exact) mass is 468 g/mol. The van der Waals surface area contributed by atoms with Crippen molar-refractivity contribution in [3.63, 3.8) is 0 Å². The van der Waals surface area contributed by atoms with Crippen molar-refractivity contribution in [2.24, 2.45) is 0 Å². The summed E-state index contributed by atoms with van der Waals surface area (Å²) in [6.07, 6.45) is 0.378. The molecular formula is C25H28N2O5S. The smallest absolute Gasteiger partial charge is 0.407 e. The lowest BCUT2D eigenvalue weighted by Crippen LogP contribution is -2.57. The minimum Gasteiger partial charge on any atom is -0.481 e. The minimum absolute atomic E-state index is 0.0640. The van der Waals surface area contributed by atoms with Crippen molar-refractivity contribution in [3.05, 3.63) is 59.7 Å². The number of aliphatic carboxylic acids is 1. The van der Waals surface area contributed by atoms with Gasteiger partial charge in [-0.05, 0) is 53.5 Å². The molecule has 1 aliphatic heterocycles. The van der Waals surface area contributed by atoms with Gasteiger partial charge in [0.1, 0.15) is 12.6 Å². The Morgan fingerprint density at radius 3 is 2.21 bits per heavy atom. The molecule has 0 radical (unpaired) electrons. The Morgan fingerprint density at radius 1 is 1.06 bits per heavy atom. The second kappa shape index (κ2) is 9.87. The van der Waals surface area contributed by atoms with Crippen LogP contribution in [0.25, 0.3) is 11.1 Å². The molecule has 33 heavy (non-hydrogen) atoms. The third-order valence-electron chi connectivity index (χ3n) is 6.40. The number of alkyl carbamates (subject to hydrolysis) is 1. The number of carbonyl (C=O) groups excluding carboxylic acids is 2. The molecule has 2 aromatic carbocycles. The molecule has 1 heterocycles. The fourth-order valence-corrected chi connectivity index (χ4v) is 5.92. The molecule has 1 saturated heterocycles. The molecule has 2 amide bonds. The number of nitrogens with one attached hydrogen (secondary N) is 2. The van der Waals surface area contributed by atoms with Crippen LogP contribution in [0, 0.1) is 0 Å². The second-order valence-electron chi connectivity index (χ2n) is 8.64. The summed E-state index contributed by atoms with van der Waals surface area (Å²) in [6.45, 7) is 1.73. The number of rotatable bonds is 7. The Bertz CT molecular complexity index is 1010. The highest BCUT2D eigenvalue weighted by Crippen LogP contribution is 2.44. The molecule has 0 aromatic heterocycles. The van der Waals surface area contributed by atoms with Crippen LogP contribution in [0.4, 0.5) is 4.79 Å². The quantitative estimate of drug-likeness (QED) is 0.571. The van der Waals surface area contributed by atoms with Gasteiger partial charge in [0.15, 0.2) is 0 Å². The van der Waals surface area contributed by atoms with Gasteiger partial charge in [0.25, 0.3) is 0 Å². The first-order valence-electron chi connectivity index (χ1n) is 11.1. The normalized spacial score (nSPS) is 17.4. The van der Waals surface area contributed by atoms with Crippen LogP contribution < -0.4 is 10.6 Å². The van der Waals surface area contributed by atoms with Gasteiger partial charge in [-0.3, -0.25) is 9.59 Å². The molecule has 2 aliphatic rings. The minimum atomic E-state index is -0.945. The van der Waals surface area contributed by atoms with Crippen molar-refractivity contribution in [2.45, 2.75) is 43.7 Å². The molecule has 174 valence electrons. The predicted molar refractivity (Wildman–Crippen MR) is 127 cm³/mol. The molecule has 4 rings (SSSR count). The van der Waals surface area contributed by atoms with Crippen LogP contribution in [0.5, 0.6) is 0 Å². The fraction of sp³-hybridized carbons (Fsp3) is 0.400. The molecule has 0 unspecified atom stereocenters. The van der Waals surface area contributed by atoms with Crippen molar-refractivity contribution < 1.29 is 24.2 Å². The van der Waals surface area contributed by atoms with Crippen molar-refractivity contribution >= 4 is 29.7 Å². The van der Waals surface area contributed by atoms with E-state index < -0.39 is 29.6 Å². The topological polar surface area (TPSA) is 105 Å². The third kappa shape index (κ3) is 5.16. The predicted octanol–water partition coefficient (Wildman–Crippen LogP) is 3.77. The zero-order valence-corrected chi connectivity index (χ0v) is 19.3. The van der Waals surface area contributed by atoms with Crippen molar-refractivity contribution in [3.8, 4) is 11.1 Å². The zero-order valence-electron chi connectivity index (χ0n) is 18.5. The van der Waals surface area contributed by atoms with Gasteiger partial charge in [0, 0.05) is 5.92 Å². The molecule has 7 nitrogen and oxygen atoms in total. The average Bonchev–Trinajstić information content (AvgIpc) is 3.11. The largest absolute Gasteiger partial charge is 0.481 e. The average molecular weight is 469 g/mol. The first-order valence-corrected chi connectivity index (χ1v) is 12.3. The molecule has 2 aromatic rings. The molecular weight excluding hydrogens is 440 g/mol. The number of carbonyl (C=O) groups is 3. The van der Waals surface area contributed by atoms with Crippen LogP contribution in [0.3, 0.4) is 0 Å². The Morgan fingerprint density at radius 2 is 1.64 bits per heavy atom. The maximum atomic E-state index is 12.7. The molecule has 1 atom stereocenters. The Kier molecular flexibility index (Phi) is 6.93. The van der Waals surface area contributed by atoms with E-state index in [2.05, 4.69) is 22.8 Å². The number of hydrogen-bond donors (Lipinski definition) is 3. The van der Waals surface area contributed by atoms with Crippen molar-refractivity contribution in [1.82, 2.24) is 10.6 Å². The van der Waals surface area contributed by atoms with Crippen LogP contribution in [-0.4, -0.2) is 52.8 Å². The molecule has 0 spiro atoms. The lowest BCUT2D eigenvalue weighted by Gasteiger charge is -2.37. The summed E-state index contributed by atoms with van der Waals surface area (Å²) < 4.78 is 5.51. The first kappa shape index (κ1) is 23.2. The Hall–Kier alpha value is -3.00. The highest BCUT2D eigenvalue weighted by atomic mass is 32.2. The van der Waals surface area contributed by atoms with E-state index in [0.717, 1.165) is 33.8 Å². The van der Waals surface area contributed by atoms with Crippen LogP contribution in [0.15, 0.2) is 48.5 Å². The number of thioether (sulfide) groups is 1. The van der Waals surface area contributed by atoms with E-state index in [1.807, 2.05) is 36.4 Å². The van der Waals surface area contributed by atoms with Crippen molar-refractivity contribution in [1.29, 1.82) is 0 Å². The number of amides is 2. The first-order chi connectivity index (χ1) is 15.9. The summed E-state index contributed by atoms with van der Waals surface area (Å²) in [4.78, 5) is 36.6. The summed E-state index contributed by atoms with van der Waals surface area (Å²) in [6, 6.07) is 15.3. The lowest BCUT2D eigenvalue weighted by molar-refractivity contribution is -0.139. The van der Waals surface area contributed by atoms with Gasteiger partial charge in [-0.25, -0.2) is 4.79 Å². The highest BCUT2D eigenvalue weighted by Gasteiger charge is 2.37. The maximum Gasteiger partial charge on any atom is 0.407 e. The molecule has 3 N–H and O–H groups in total. The highest BCUT2D eigenvalue weighted by molar-refractivity contribution is 7.99. The van der Waals surface area contributed by atoms with Gasteiger partial charge in [0.05, 0.1) is 12.0 Å². The summed E-state index contributed by atoms with van der Waals surface area (Å²) in [5.74, 6) is 0.172. The fourth-order valence-electron chi connectivity index (χ4n) is 4.65. The number of fused-ring (bicyclic) bond motifs is 3. The lowest BCUT2D eigenvalue weighted by atomic mass is 9.88. The SMILES string of the molecule is C[C@H](NC(=O)OCC1c2ccccc2-c2ccccc21)C(=O)NC1(CC(=O)O)CCSCC1. The van der Waals surface area contributed by atoms with Crippen LogP contribution in [-0.2, 0) is 14.3 Å². The zero-order chi connectivity index (χ0) is 23.4. The van der Waals surface area contributed by atoms with Crippen LogP contribution in [0.1, 0.15) is 43.2 Å². The second-order valence-corrected chi connectivity index (χ2v) is 9.87. The van der Waals surface area contributed by atoms with E-state index in [-0.39, 0.29) is 18.9 Å². The number of hydrogen-bond acceptors (Lipinski definition) is 5. The van der Waals surface area contributed by atoms with Gasteiger partial charge in [-0.15, -0.1) is 0 Å². The maximum absolute atomic E-state index is 12.7. The van der Waals surface area contributed by atoms with Gasteiger partial charge in [-0.1, -0.05) is 48.5 Å². The van der Waals surface area contributed by atoms with Crippen LogP contribution >= 0.6 is 11.8 Å². The standard InChI is InChI=1S/C25H28N2O5S/c1-16(23(30)27-25(14-22(28)29)10-12-33-13-11-25)26-24(31)32-15-21-19-8-4-2-6-17(19)18-7-3-5-9-20(18)21/h2-9,16,21H,10-15H2,1H3,(H,26,31)(H,27,30)(H,28,29)/t16-/m0/s1. The van der Waals surface area contributed by atoms with E-state index in [1.54, 1.807) is 18.7 Å². The summed E-state index contributed by atoms with van der Waals surface area (Å²) in [5, 5.41) is 14.8. The van der Waals surface area contributed by atoms with E-state index >= 15 is 0 Å². The number of benzene rings is 2. The van der Waals surface area contributed by atoms with E-state index in [0.29, 0.717) is 12.8 Å². The summed E-state index contributed by atoms with van der Waals surface area (Å²) in [5.41, 5.74) is 3.74. The molecule has 0 bridgehead atoms. The molecule has 0 saturated carbocycles. The van der Waals surface area contributed by atoms with Gasteiger partial charge >= 0.3 is 12.1 Å². The van der Waals surface area contributed by atoms with E-state index in [1.165, 1.54) is 0 Å². The van der Waals surface area contributed by atoms with Crippen LogP contribution in [0.2, 0.25) is 0 Å². The number of carboxylic acids is 1. The Balaban J connectivity index is 1.35. The van der Waals surface area contributed by atoms with Gasteiger partial charge in [-0.2, -0.15) is 11.8 Å². The van der Waals surface area contributed by atoms with E-state index in [9.17, 15) is 19.5 Å². The van der Waals surface area contributed by atoms with E-state index in [4.69, 9.17) is 4.74 Å². The van der Waals surface area contributed by atoms with Gasteiger partial charge < -0.3 is 20.5 Å². The molecule has 8 heteroatoms. The van der Waals surface area contributed by atoms with Gasteiger partial charge in [0.2, 0.25) is 5.91 Å². The third-order valence-corrected chi connectivity index (χ3v) is 7.38. The Labute approximate surface area is 197 Å². The summed E-state index contributed by atoms with van der Waals surface area (Å²) >= 11 is 1.75. The molecule has 1 fully saturated rings. The number of ether oxygens (including phenoxy) is 1. The number of carboxylic acid groups (broad SMARTS) is 1.